The Morgan fingerprint density at radius 3 is 2.58 bits per heavy atom. The van der Waals surface area contributed by atoms with Crippen LogP contribution in [0.2, 0.25) is 0 Å². The SMILES string of the molecule is O=S(=O)(NCCCN1CCO[C@@H](c2ccccc2)C1)c1ccc(F)cc1. The van der Waals surface area contributed by atoms with Crippen LogP contribution in [0.5, 0.6) is 0 Å². The molecule has 2 aromatic rings. The lowest BCUT2D eigenvalue weighted by molar-refractivity contribution is -0.0300. The van der Waals surface area contributed by atoms with Gasteiger partial charge in [0.1, 0.15) is 5.82 Å². The zero-order valence-electron chi connectivity index (χ0n) is 14.5. The van der Waals surface area contributed by atoms with Gasteiger partial charge < -0.3 is 4.74 Å². The Morgan fingerprint density at radius 1 is 1.12 bits per heavy atom. The fourth-order valence-corrected chi connectivity index (χ4v) is 4.06. The number of ether oxygens (including phenoxy) is 1. The molecule has 1 aliphatic heterocycles. The molecule has 1 atom stereocenters. The minimum absolute atomic E-state index is 0.0563. The molecule has 0 aromatic heterocycles. The third kappa shape index (κ3) is 5.11. The average Bonchev–Trinajstić information content (AvgIpc) is 2.67. The molecule has 0 bridgehead atoms. The van der Waals surface area contributed by atoms with Crippen LogP contribution in [0.25, 0.3) is 0 Å². The largest absolute Gasteiger partial charge is 0.371 e. The molecule has 26 heavy (non-hydrogen) atoms. The van der Waals surface area contributed by atoms with E-state index in [-0.39, 0.29) is 11.0 Å². The van der Waals surface area contributed by atoms with E-state index in [2.05, 4.69) is 21.8 Å². The fraction of sp³-hybridized carbons (Fsp3) is 0.368. The molecule has 2 aromatic carbocycles. The van der Waals surface area contributed by atoms with E-state index in [9.17, 15) is 12.8 Å². The van der Waals surface area contributed by atoms with Crippen LogP contribution in [0.4, 0.5) is 4.39 Å². The first-order valence-electron chi connectivity index (χ1n) is 8.69. The molecule has 1 heterocycles. The monoisotopic (exact) mass is 378 g/mol. The molecule has 3 rings (SSSR count). The summed E-state index contributed by atoms with van der Waals surface area (Å²) >= 11 is 0. The number of hydrogen-bond acceptors (Lipinski definition) is 4. The summed E-state index contributed by atoms with van der Waals surface area (Å²) in [5, 5.41) is 0. The Hall–Kier alpha value is -1.80. The molecule has 0 saturated carbocycles. The van der Waals surface area contributed by atoms with Crippen LogP contribution in [0.1, 0.15) is 18.1 Å². The molecule has 0 amide bonds. The van der Waals surface area contributed by atoms with Gasteiger partial charge in [-0.25, -0.2) is 17.5 Å². The Bertz CT molecular complexity index is 797. The van der Waals surface area contributed by atoms with Crippen LogP contribution in [-0.2, 0) is 14.8 Å². The molecule has 5 nitrogen and oxygen atoms in total. The first-order valence-corrected chi connectivity index (χ1v) is 10.2. The van der Waals surface area contributed by atoms with Crippen molar-refractivity contribution in [1.82, 2.24) is 9.62 Å². The van der Waals surface area contributed by atoms with E-state index in [0.717, 1.165) is 37.3 Å². The summed E-state index contributed by atoms with van der Waals surface area (Å²) < 4.78 is 45.6. The molecule has 7 heteroatoms. The molecular weight excluding hydrogens is 355 g/mol. The standard InChI is InChI=1S/C19H23FN2O3S/c20-17-7-9-18(10-8-17)26(23,24)21-11-4-12-22-13-14-25-19(15-22)16-5-2-1-3-6-16/h1-3,5-10,19,21H,4,11-15H2/t19-/m1/s1. The second kappa shape index (κ2) is 8.73. The smallest absolute Gasteiger partial charge is 0.240 e. The maximum Gasteiger partial charge on any atom is 0.240 e. The number of benzene rings is 2. The van der Waals surface area contributed by atoms with Gasteiger partial charge in [0.25, 0.3) is 0 Å². The number of nitrogens with one attached hydrogen (secondary N) is 1. The van der Waals surface area contributed by atoms with Crippen LogP contribution in [-0.4, -0.2) is 46.1 Å². The normalized spacial score (nSPS) is 18.7. The zero-order valence-corrected chi connectivity index (χ0v) is 15.3. The van der Waals surface area contributed by atoms with E-state index in [0.29, 0.717) is 19.6 Å². The quantitative estimate of drug-likeness (QED) is 0.753. The van der Waals surface area contributed by atoms with E-state index in [1.54, 1.807) is 0 Å². The van der Waals surface area contributed by atoms with Gasteiger partial charge in [0.2, 0.25) is 10.0 Å². The highest BCUT2D eigenvalue weighted by atomic mass is 32.2. The van der Waals surface area contributed by atoms with Gasteiger partial charge in [0, 0.05) is 19.6 Å². The van der Waals surface area contributed by atoms with Crippen molar-refractivity contribution in [3.8, 4) is 0 Å². The third-order valence-electron chi connectivity index (χ3n) is 4.39. The molecule has 140 valence electrons. The van der Waals surface area contributed by atoms with Crippen molar-refractivity contribution < 1.29 is 17.5 Å². The Kier molecular flexibility index (Phi) is 6.37. The summed E-state index contributed by atoms with van der Waals surface area (Å²) in [6.45, 7) is 3.44. The van der Waals surface area contributed by atoms with Gasteiger partial charge >= 0.3 is 0 Å². The van der Waals surface area contributed by atoms with E-state index >= 15 is 0 Å². The highest BCUT2D eigenvalue weighted by molar-refractivity contribution is 7.89. The summed E-state index contributed by atoms with van der Waals surface area (Å²) in [5.41, 5.74) is 1.16. The van der Waals surface area contributed by atoms with Crippen LogP contribution in [0.15, 0.2) is 59.5 Å². The Labute approximate surface area is 153 Å². The second-order valence-electron chi connectivity index (χ2n) is 6.28. The van der Waals surface area contributed by atoms with Crippen molar-refractivity contribution in [3.05, 3.63) is 66.0 Å². The Morgan fingerprint density at radius 2 is 1.85 bits per heavy atom. The van der Waals surface area contributed by atoms with Gasteiger partial charge in [-0.3, -0.25) is 4.90 Å². The van der Waals surface area contributed by atoms with Crippen molar-refractivity contribution in [2.75, 3.05) is 32.8 Å². The third-order valence-corrected chi connectivity index (χ3v) is 5.87. The van der Waals surface area contributed by atoms with Crippen LogP contribution in [0, 0.1) is 5.82 Å². The lowest BCUT2D eigenvalue weighted by Gasteiger charge is -2.33. The number of nitrogens with zero attached hydrogens (tertiary/aromatic N) is 1. The topological polar surface area (TPSA) is 58.6 Å². The number of morpholine rings is 1. The summed E-state index contributed by atoms with van der Waals surface area (Å²) in [5.74, 6) is -0.454. The number of halogens is 1. The summed E-state index contributed by atoms with van der Waals surface area (Å²) in [4.78, 5) is 2.36. The molecule has 1 fully saturated rings. The van der Waals surface area contributed by atoms with Crippen LogP contribution >= 0.6 is 0 Å². The van der Waals surface area contributed by atoms with Crippen molar-refractivity contribution in [1.29, 1.82) is 0 Å². The molecule has 1 saturated heterocycles. The highest BCUT2D eigenvalue weighted by Crippen LogP contribution is 2.21. The first-order chi connectivity index (χ1) is 12.5. The molecule has 0 aliphatic carbocycles. The number of rotatable bonds is 7. The van der Waals surface area contributed by atoms with E-state index in [1.807, 2.05) is 18.2 Å². The van der Waals surface area contributed by atoms with Gasteiger partial charge in [-0.15, -0.1) is 0 Å². The predicted molar refractivity (Wildman–Crippen MR) is 97.8 cm³/mol. The van der Waals surface area contributed by atoms with Gasteiger partial charge in [-0.05, 0) is 42.8 Å². The van der Waals surface area contributed by atoms with Crippen molar-refractivity contribution in [2.45, 2.75) is 17.4 Å². The van der Waals surface area contributed by atoms with Crippen LogP contribution in [0.3, 0.4) is 0 Å². The molecular formula is C19H23FN2O3S. The van der Waals surface area contributed by atoms with Gasteiger partial charge in [0.05, 0.1) is 17.6 Å². The maximum atomic E-state index is 12.9. The van der Waals surface area contributed by atoms with Gasteiger partial charge in [0.15, 0.2) is 0 Å². The van der Waals surface area contributed by atoms with Gasteiger partial charge in [-0.1, -0.05) is 30.3 Å². The van der Waals surface area contributed by atoms with E-state index in [1.165, 1.54) is 12.1 Å². The van der Waals surface area contributed by atoms with Crippen LogP contribution < -0.4 is 4.72 Å². The summed E-state index contributed by atoms with van der Waals surface area (Å²) in [6, 6.07) is 14.9. The van der Waals surface area contributed by atoms with Gasteiger partial charge in [-0.2, -0.15) is 0 Å². The maximum absolute atomic E-state index is 12.9. The molecule has 0 spiro atoms. The second-order valence-corrected chi connectivity index (χ2v) is 8.04. The Balaban J connectivity index is 1.45. The van der Waals surface area contributed by atoms with E-state index < -0.39 is 15.8 Å². The number of hydrogen-bond donors (Lipinski definition) is 1. The average molecular weight is 378 g/mol. The molecule has 0 radical (unpaired) electrons. The number of sulfonamides is 1. The first kappa shape index (κ1) is 19.0. The summed E-state index contributed by atoms with van der Waals surface area (Å²) in [7, 11) is -3.59. The molecule has 1 aliphatic rings. The molecule has 1 N–H and O–H groups in total. The minimum Gasteiger partial charge on any atom is -0.371 e. The highest BCUT2D eigenvalue weighted by Gasteiger charge is 2.21. The zero-order chi connectivity index (χ0) is 18.4. The lowest BCUT2D eigenvalue weighted by Crippen LogP contribution is -2.39. The van der Waals surface area contributed by atoms with Crippen molar-refractivity contribution >= 4 is 10.0 Å². The minimum atomic E-state index is -3.59. The van der Waals surface area contributed by atoms with Crippen molar-refractivity contribution in [2.24, 2.45) is 0 Å². The van der Waals surface area contributed by atoms with E-state index in [4.69, 9.17) is 4.74 Å². The fourth-order valence-electron chi connectivity index (χ4n) is 2.98. The predicted octanol–water partition coefficient (Wildman–Crippen LogP) is 2.57. The lowest BCUT2D eigenvalue weighted by atomic mass is 10.1. The molecule has 0 unspecified atom stereocenters. The van der Waals surface area contributed by atoms with Crippen molar-refractivity contribution in [3.63, 3.8) is 0 Å². The summed E-state index contributed by atoms with van der Waals surface area (Å²) in [6.07, 6.45) is 0.753.